The van der Waals surface area contributed by atoms with Crippen LogP contribution < -0.4 is 4.90 Å². The summed E-state index contributed by atoms with van der Waals surface area (Å²) >= 11 is 1.85. The van der Waals surface area contributed by atoms with Crippen LogP contribution in [0, 0.1) is 0 Å². The van der Waals surface area contributed by atoms with Gasteiger partial charge in [0.25, 0.3) is 0 Å². The van der Waals surface area contributed by atoms with Crippen LogP contribution in [0.4, 0.5) is 17.1 Å². The molecule has 0 unspecified atom stereocenters. The first-order chi connectivity index (χ1) is 24.3. The summed E-state index contributed by atoms with van der Waals surface area (Å²) in [4.78, 5) is 2.40. The molecule has 8 aromatic carbocycles. The van der Waals surface area contributed by atoms with Gasteiger partial charge in [-0.25, -0.2) is 0 Å². The van der Waals surface area contributed by atoms with E-state index in [4.69, 9.17) is 4.42 Å². The second-order valence-electron chi connectivity index (χ2n) is 12.5. The third-order valence-corrected chi connectivity index (χ3v) is 10.8. The zero-order valence-corrected chi connectivity index (χ0v) is 27.3. The highest BCUT2D eigenvalue weighted by Crippen LogP contribution is 2.44. The summed E-state index contributed by atoms with van der Waals surface area (Å²) in [6.07, 6.45) is 0. The van der Waals surface area contributed by atoms with Crippen LogP contribution >= 0.6 is 11.3 Å². The van der Waals surface area contributed by atoms with E-state index in [1.807, 2.05) is 11.3 Å². The van der Waals surface area contributed by atoms with E-state index in [0.29, 0.717) is 0 Å². The lowest BCUT2D eigenvalue weighted by molar-refractivity contribution is 0.672. The van der Waals surface area contributed by atoms with Gasteiger partial charge < -0.3 is 9.32 Å². The second kappa shape index (κ2) is 11.2. The van der Waals surface area contributed by atoms with Gasteiger partial charge in [0.15, 0.2) is 0 Å². The predicted octanol–water partition coefficient (Wildman–Crippen LogP) is 13.9. The van der Waals surface area contributed by atoms with E-state index in [1.165, 1.54) is 36.7 Å². The molecule has 0 aliphatic rings. The Morgan fingerprint density at radius 1 is 0.408 bits per heavy atom. The van der Waals surface area contributed by atoms with E-state index in [-0.39, 0.29) is 0 Å². The number of hydrogen-bond acceptors (Lipinski definition) is 3. The highest BCUT2D eigenvalue weighted by molar-refractivity contribution is 7.25. The Morgan fingerprint density at radius 2 is 1.10 bits per heavy atom. The molecule has 10 aromatic rings. The van der Waals surface area contributed by atoms with Crippen molar-refractivity contribution >= 4 is 81.3 Å². The topological polar surface area (TPSA) is 16.4 Å². The fraction of sp³-hybridized carbons (Fsp3) is 0. The van der Waals surface area contributed by atoms with Gasteiger partial charge in [-0.2, -0.15) is 0 Å². The lowest BCUT2D eigenvalue weighted by Gasteiger charge is -2.28. The van der Waals surface area contributed by atoms with Gasteiger partial charge in [0.05, 0.1) is 5.69 Å². The fourth-order valence-corrected chi connectivity index (χ4v) is 8.44. The zero-order chi connectivity index (χ0) is 32.3. The molecule has 0 amide bonds. The minimum Gasteiger partial charge on any atom is -0.455 e. The molecule has 2 heterocycles. The molecule has 0 N–H and O–H groups in total. The van der Waals surface area contributed by atoms with Crippen molar-refractivity contribution in [2.24, 2.45) is 0 Å². The van der Waals surface area contributed by atoms with Gasteiger partial charge in [0.1, 0.15) is 11.2 Å². The highest BCUT2D eigenvalue weighted by atomic mass is 32.1. The monoisotopic (exact) mass is 643 g/mol. The van der Waals surface area contributed by atoms with Crippen molar-refractivity contribution in [3.8, 4) is 22.3 Å². The average molecular weight is 644 g/mol. The molecule has 0 fully saturated rings. The molecule has 2 aromatic heterocycles. The Balaban J connectivity index is 1.11. The van der Waals surface area contributed by atoms with Crippen molar-refractivity contribution in [3.05, 3.63) is 176 Å². The molecule has 0 spiro atoms. The van der Waals surface area contributed by atoms with Gasteiger partial charge in [-0.3, -0.25) is 0 Å². The van der Waals surface area contributed by atoms with Crippen LogP contribution in [0.1, 0.15) is 0 Å². The molecule has 0 saturated heterocycles. The van der Waals surface area contributed by atoms with Gasteiger partial charge >= 0.3 is 0 Å². The number of anilines is 3. The molecule has 230 valence electrons. The summed E-state index contributed by atoms with van der Waals surface area (Å²) in [6.45, 7) is 0. The predicted molar refractivity (Wildman–Crippen MR) is 210 cm³/mol. The van der Waals surface area contributed by atoms with Crippen LogP contribution in [0.5, 0.6) is 0 Å². The SMILES string of the molecule is c1ccc(-c2ccccc2N(c2ccc(-c3ccc4oc5c6ccccc6ccc5c4c3)cc2)c2ccc3c(c2)sc2ccccc23)cc1. The lowest BCUT2D eigenvalue weighted by atomic mass is 10.00. The van der Waals surface area contributed by atoms with Crippen LogP contribution in [0.2, 0.25) is 0 Å². The first kappa shape index (κ1) is 27.9. The molecular weight excluding hydrogens is 615 g/mol. The molecule has 49 heavy (non-hydrogen) atoms. The van der Waals surface area contributed by atoms with Gasteiger partial charge in [0.2, 0.25) is 0 Å². The fourth-order valence-electron chi connectivity index (χ4n) is 7.30. The molecule has 3 heteroatoms. The van der Waals surface area contributed by atoms with Crippen LogP contribution in [0.15, 0.2) is 180 Å². The van der Waals surface area contributed by atoms with Crippen LogP contribution in [-0.2, 0) is 0 Å². The Labute approximate surface area is 287 Å². The highest BCUT2D eigenvalue weighted by Gasteiger charge is 2.19. The maximum atomic E-state index is 6.40. The quantitative estimate of drug-likeness (QED) is 0.186. The van der Waals surface area contributed by atoms with E-state index in [1.54, 1.807) is 0 Å². The lowest BCUT2D eigenvalue weighted by Crippen LogP contribution is -2.11. The minimum atomic E-state index is 0.909. The number of fused-ring (bicyclic) bond motifs is 8. The summed E-state index contributed by atoms with van der Waals surface area (Å²) in [7, 11) is 0. The Hall–Kier alpha value is -6.16. The number of thiophene rings is 1. The smallest absolute Gasteiger partial charge is 0.143 e. The van der Waals surface area contributed by atoms with Crippen molar-refractivity contribution < 1.29 is 4.42 Å². The first-order valence-corrected chi connectivity index (χ1v) is 17.4. The summed E-state index contributed by atoms with van der Waals surface area (Å²) in [6, 6.07) is 63.3. The molecule has 0 saturated carbocycles. The number of benzene rings is 8. The largest absolute Gasteiger partial charge is 0.455 e. The second-order valence-corrected chi connectivity index (χ2v) is 13.6. The summed E-state index contributed by atoms with van der Waals surface area (Å²) in [5.74, 6) is 0. The molecule has 10 rings (SSSR count). The molecule has 0 atom stereocenters. The first-order valence-electron chi connectivity index (χ1n) is 16.6. The van der Waals surface area contributed by atoms with Crippen LogP contribution in [-0.4, -0.2) is 0 Å². The molecule has 2 nitrogen and oxygen atoms in total. The normalized spacial score (nSPS) is 11.7. The number of para-hydroxylation sites is 1. The number of rotatable bonds is 5. The van der Waals surface area contributed by atoms with Crippen LogP contribution in [0.25, 0.3) is 75.1 Å². The van der Waals surface area contributed by atoms with Gasteiger partial charge in [-0.15, -0.1) is 11.3 Å². The van der Waals surface area contributed by atoms with Crippen molar-refractivity contribution in [2.75, 3.05) is 4.90 Å². The Morgan fingerprint density at radius 3 is 2.00 bits per heavy atom. The van der Waals surface area contributed by atoms with E-state index in [9.17, 15) is 0 Å². The van der Waals surface area contributed by atoms with E-state index < -0.39 is 0 Å². The van der Waals surface area contributed by atoms with E-state index in [2.05, 4.69) is 181 Å². The summed E-state index contributed by atoms with van der Waals surface area (Å²) in [5.41, 5.74) is 9.94. The van der Waals surface area contributed by atoms with E-state index >= 15 is 0 Å². The van der Waals surface area contributed by atoms with Gasteiger partial charge in [0, 0.05) is 53.3 Å². The maximum absolute atomic E-state index is 6.40. The molecule has 0 radical (unpaired) electrons. The Bertz CT molecular complexity index is 2830. The molecular formula is C46H29NOS. The Kier molecular flexibility index (Phi) is 6.39. The number of nitrogens with zero attached hydrogens (tertiary/aromatic N) is 1. The van der Waals surface area contributed by atoms with Crippen molar-refractivity contribution in [1.29, 1.82) is 0 Å². The molecule has 0 aliphatic heterocycles. The minimum absolute atomic E-state index is 0.909. The van der Waals surface area contributed by atoms with Gasteiger partial charge in [-0.1, -0.05) is 121 Å². The van der Waals surface area contributed by atoms with Crippen molar-refractivity contribution in [1.82, 2.24) is 0 Å². The number of furan rings is 1. The van der Waals surface area contributed by atoms with Crippen molar-refractivity contribution in [3.63, 3.8) is 0 Å². The number of hydrogen-bond donors (Lipinski definition) is 0. The summed E-state index contributed by atoms with van der Waals surface area (Å²) < 4.78 is 8.99. The van der Waals surface area contributed by atoms with Gasteiger partial charge in [-0.05, 0) is 76.7 Å². The standard InChI is InChI=1S/C46H29NOS/c1-2-10-31(11-3-1)36-13-6-8-16-42(36)47(35-24-26-39-38-15-7-9-17-44(38)49-45(39)29-35)34-22-18-30(19-23-34)33-21-27-43-41(28-33)40-25-20-32-12-4-5-14-37(32)46(40)48-43/h1-29H. The molecule has 0 bridgehead atoms. The van der Waals surface area contributed by atoms with Crippen molar-refractivity contribution in [2.45, 2.75) is 0 Å². The molecule has 0 aliphatic carbocycles. The average Bonchev–Trinajstić information content (AvgIpc) is 3.74. The summed E-state index contributed by atoms with van der Waals surface area (Å²) in [5, 5.41) is 7.22. The zero-order valence-electron chi connectivity index (χ0n) is 26.5. The maximum Gasteiger partial charge on any atom is 0.143 e. The van der Waals surface area contributed by atoms with Crippen LogP contribution in [0.3, 0.4) is 0 Å². The third-order valence-electron chi connectivity index (χ3n) is 9.67. The van der Waals surface area contributed by atoms with E-state index in [0.717, 1.165) is 55.5 Å². The third kappa shape index (κ3) is 4.62.